The molecule has 1 N–H and O–H groups in total. The monoisotopic (exact) mass is 205 g/mol. The minimum atomic E-state index is -0.535. The highest BCUT2D eigenvalue weighted by Gasteiger charge is 2.12. The molecule has 0 radical (unpaired) electrons. The topological polar surface area (TPSA) is 53.2 Å². The zero-order chi connectivity index (χ0) is 11.3. The summed E-state index contributed by atoms with van der Waals surface area (Å²) in [4.78, 5) is 0. The highest BCUT2D eigenvalue weighted by atomic mass is 16.5. The average molecular weight is 205 g/mol. The quantitative estimate of drug-likeness (QED) is 0.821. The molecule has 0 saturated heterocycles. The smallest absolute Gasteiger partial charge is 0.181 e. The lowest BCUT2D eigenvalue weighted by Crippen LogP contribution is -2.10. The van der Waals surface area contributed by atoms with Gasteiger partial charge in [0.25, 0.3) is 0 Å². The molecule has 0 heterocycles. The third kappa shape index (κ3) is 2.97. The van der Waals surface area contributed by atoms with Crippen molar-refractivity contribution < 1.29 is 9.84 Å². The van der Waals surface area contributed by atoms with Crippen molar-refractivity contribution in [2.45, 2.75) is 32.5 Å². The molecule has 1 rings (SSSR count). The van der Waals surface area contributed by atoms with Gasteiger partial charge in [-0.25, -0.2) is 0 Å². The first kappa shape index (κ1) is 11.5. The van der Waals surface area contributed by atoms with Crippen LogP contribution < -0.4 is 4.74 Å². The molecule has 2 unspecified atom stereocenters. The second-order valence-electron chi connectivity index (χ2n) is 3.35. The minimum Gasteiger partial charge on any atom is -0.475 e. The number of aliphatic hydroxyl groups is 1. The number of benzene rings is 1. The Morgan fingerprint density at radius 2 is 2.13 bits per heavy atom. The molecule has 0 aliphatic heterocycles. The van der Waals surface area contributed by atoms with Gasteiger partial charge in [-0.3, -0.25) is 0 Å². The summed E-state index contributed by atoms with van der Waals surface area (Å²) >= 11 is 0. The number of nitriles is 1. The van der Waals surface area contributed by atoms with Gasteiger partial charge in [-0.15, -0.1) is 0 Å². The predicted octanol–water partition coefficient (Wildman–Crippen LogP) is 2.42. The second kappa shape index (κ2) is 5.38. The molecule has 0 saturated carbocycles. The SMILES string of the molecule is CCC(O)c1ccccc1OC(C)C#N. The van der Waals surface area contributed by atoms with Crippen molar-refractivity contribution in [1.29, 1.82) is 5.26 Å². The summed E-state index contributed by atoms with van der Waals surface area (Å²) in [6, 6.07) is 9.24. The van der Waals surface area contributed by atoms with Gasteiger partial charge in [0, 0.05) is 5.56 Å². The van der Waals surface area contributed by atoms with Gasteiger partial charge in [-0.1, -0.05) is 25.1 Å². The molecule has 3 nitrogen and oxygen atoms in total. The Labute approximate surface area is 89.9 Å². The van der Waals surface area contributed by atoms with Crippen LogP contribution in [0.3, 0.4) is 0 Å². The zero-order valence-corrected chi connectivity index (χ0v) is 8.97. The van der Waals surface area contributed by atoms with E-state index in [0.29, 0.717) is 12.2 Å². The van der Waals surface area contributed by atoms with E-state index < -0.39 is 12.2 Å². The average Bonchev–Trinajstić information content (AvgIpc) is 2.28. The maximum absolute atomic E-state index is 9.73. The Morgan fingerprint density at radius 3 is 2.73 bits per heavy atom. The van der Waals surface area contributed by atoms with Crippen molar-refractivity contribution in [2.24, 2.45) is 0 Å². The number of hydrogen-bond donors (Lipinski definition) is 1. The number of hydrogen-bond acceptors (Lipinski definition) is 3. The van der Waals surface area contributed by atoms with Crippen LogP contribution in [0.1, 0.15) is 31.9 Å². The highest BCUT2D eigenvalue weighted by molar-refractivity contribution is 5.35. The van der Waals surface area contributed by atoms with Crippen LogP contribution in [0.2, 0.25) is 0 Å². The van der Waals surface area contributed by atoms with E-state index in [4.69, 9.17) is 10.00 Å². The lowest BCUT2D eigenvalue weighted by molar-refractivity contribution is 0.165. The van der Waals surface area contributed by atoms with Crippen LogP contribution in [0.5, 0.6) is 5.75 Å². The third-order valence-corrected chi connectivity index (χ3v) is 2.15. The highest BCUT2D eigenvalue weighted by Crippen LogP contribution is 2.27. The number of ether oxygens (including phenoxy) is 1. The molecule has 0 amide bonds. The number of rotatable bonds is 4. The number of para-hydroxylation sites is 1. The fourth-order valence-electron chi connectivity index (χ4n) is 1.30. The van der Waals surface area contributed by atoms with E-state index in [2.05, 4.69) is 0 Å². The summed E-state index contributed by atoms with van der Waals surface area (Å²) in [7, 11) is 0. The van der Waals surface area contributed by atoms with Crippen LogP contribution in [-0.2, 0) is 0 Å². The molecule has 2 atom stereocenters. The van der Waals surface area contributed by atoms with E-state index in [1.807, 2.05) is 31.2 Å². The van der Waals surface area contributed by atoms with Gasteiger partial charge in [0.15, 0.2) is 6.10 Å². The Bertz CT molecular complexity index is 357. The predicted molar refractivity (Wildman–Crippen MR) is 57.4 cm³/mol. The standard InChI is InChI=1S/C12H15NO2/c1-3-11(14)10-6-4-5-7-12(10)15-9(2)8-13/h4-7,9,11,14H,3H2,1-2H3. The molecule has 0 aliphatic rings. The first-order valence-corrected chi connectivity index (χ1v) is 5.02. The molecular formula is C12H15NO2. The molecule has 0 aliphatic carbocycles. The van der Waals surface area contributed by atoms with Crippen LogP contribution in [0.4, 0.5) is 0 Å². The van der Waals surface area contributed by atoms with Crippen molar-refractivity contribution in [3.05, 3.63) is 29.8 Å². The molecule has 0 bridgehead atoms. The summed E-state index contributed by atoms with van der Waals surface area (Å²) in [5.74, 6) is 0.584. The molecule has 0 aromatic heterocycles. The molecule has 3 heteroatoms. The maximum Gasteiger partial charge on any atom is 0.181 e. The molecule has 0 spiro atoms. The van der Waals surface area contributed by atoms with Gasteiger partial charge in [0.2, 0.25) is 0 Å². The van der Waals surface area contributed by atoms with Crippen LogP contribution in [0.25, 0.3) is 0 Å². The van der Waals surface area contributed by atoms with Crippen LogP contribution in [0.15, 0.2) is 24.3 Å². The summed E-state index contributed by atoms with van der Waals surface area (Å²) in [5.41, 5.74) is 0.738. The van der Waals surface area contributed by atoms with E-state index >= 15 is 0 Å². The summed E-state index contributed by atoms with van der Waals surface area (Å²) < 4.78 is 5.40. The Morgan fingerprint density at radius 1 is 1.47 bits per heavy atom. The van der Waals surface area contributed by atoms with Crippen molar-refractivity contribution >= 4 is 0 Å². The van der Waals surface area contributed by atoms with Crippen molar-refractivity contribution in [1.82, 2.24) is 0 Å². The van der Waals surface area contributed by atoms with Gasteiger partial charge in [0.05, 0.1) is 6.10 Å². The van der Waals surface area contributed by atoms with E-state index in [-0.39, 0.29) is 0 Å². The van der Waals surface area contributed by atoms with E-state index in [9.17, 15) is 5.11 Å². The largest absolute Gasteiger partial charge is 0.475 e. The minimum absolute atomic E-state index is 0.504. The van der Waals surface area contributed by atoms with Gasteiger partial charge in [0.1, 0.15) is 11.8 Å². The summed E-state index contributed by atoms with van der Waals surface area (Å²) in [6.45, 7) is 3.57. The zero-order valence-electron chi connectivity index (χ0n) is 8.97. The fourth-order valence-corrected chi connectivity index (χ4v) is 1.30. The van der Waals surface area contributed by atoms with Crippen LogP contribution in [0, 0.1) is 11.3 Å². The van der Waals surface area contributed by atoms with Gasteiger partial charge < -0.3 is 9.84 Å². The van der Waals surface area contributed by atoms with Crippen LogP contribution >= 0.6 is 0 Å². The van der Waals surface area contributed by atoms with E-state index in [1.165, 1.54) is 0 Å². The molecule has 1 aromatic rings. The van der Waals surface area contributed by atoms with Crippen molar-refractivity contribution in [3.8, 4) is 11.8 Å². The third-order valence-electron chi connectivity index (χ3n) is 2.15. The number of nitrogens with zero attached hydrogens (tertiary/aromatic N) is 1. The first-order chi connectivity index (χ1) is 7.19. The lowest BCUT2D eigenvalue weighted by atomic mass is 10.1. The van der Waals surface area contributed by atoms with E-state index in [0.717, 1.165) is 5.56 Å². The fraction of sp³-hybridized carbons (Fsp3) is 0.417. The van der Waals surface area contributed by atoms with Gasteiger partial charge in [-0.05, 0) is 19.4 Å². The molecule has 15 heavy (non-hydrogen) atoms. The lowest BCUT2D eigenvalue weighted by Gasteiger charge is -2.15. The maximum atomic E-state index is 9.73. The Hall–Kier alpha value is -1.53. The molecule has 0 fully saturated rings. The van der Waals surface area contributed by atoms with Gasteiger partial charge >= 0.3 is 0 Å². The Balaban J connectivity index is 2.92. The molecule has 80 valence electrons. The normalized spacial score (nSPS) is 14.0. The van der Waals surface area contributed by atoms with Crippen LogP contribution in [-0.4, -0.2) is 11.2 Å². The van der Waals surface area contributed by atoms with Crippen molar-refractivity contribution in [3.63, 3.8) is 0 Å². The summed E-state index contributed by atoms with van der Waals surface area (Å²) in [6.07, 6.45) is -0.413. The summed E-state index contributed by atoms with van der Waals surface area (Å²) in [5, 5.41) is 18.4. The Kier molecular flexibility index (Phi) is 4.14. The second-order valence-corrected chi connectivity index (χ2v) is 3.35. The number of aliphatic hydroxyl groups excluding tert-OH is 1. The van der Waals surface area contributed by atoms with Gasteiger partial charge in [-0.2, -0.15) is 5.26 Å². The van der Waals surface area contributed by atoms with E-state index in [1.54, 1.807) is 13.0 Å². The first-order valence-electron chi connectivity index (χ1n) is 5.02. The molecular weight excluding hydrogens is 190 g/mol. The van der Waals surface area contributed by atoms with Crippen molar-refractivity contribution in [2.75, 3.05) is 0 Å². The molecule has 1 aromatic carbocycles.